The van der Waals surface area contributed by atoms with Crippen LogP contribution in [0.25, 0.3) is 0 Å². The van der Waals surface area contributed by atoms with Crippen LogP contribution in [0.5, 0.6) is 0 Å². The molecule has 15 heavy (non-hydrogen) atoms. The molecule has 2 aromatic heterocycles. The van der Waals surface area contributed by atoms with Crippen molar-refractivity contribution < 1.29 is 4.42 Å². The number of furan rings is 1. The normalized spacial score (nSPS) is 13.0. The predicted molar refractivity (Wildman–Crippen MR) is 66.1 cm³/mol. The molecule has 2 heterocycles. The van der Waals surface area contributed by atoms with Crippen molar-refractivity contribution in [2.24, 2.45) is 5.73 Å². The van der Waals surface area contributed by atoms with Crippen molar-refractivity contribution in [2.75, 3.05) is 0 Å². The summed E-state index contributed by atoms with van der Waals surface area (Å²) in [6.07, 6.45) is 2.58. The molecule has 2 N–H and O–H groups in total. The lowest BCUT2D eigenvalue weighted by Crippen LogP contribution is -2.11. The van der Waals surface area contributed by atoms with Crippen LogP contribution in [-0.2, 0) is 6.42 Å². The average Bonchev–Trinajstić information content (AvgIpc) is 2.77. The maximum atomic E-state index is 6.09. The van der Waals surface area contributed by atoms with Crippen LogP contribution in [0.4, 0.5) is 0 Å². The number of nitrogens with two attached hydrogens (primary N) is 1. The van der Waals surface area contributed by atoms with Gasteiger partial charge in [0.1, 0.15) is 5.76 Å². The van der Waals surface area contributed by atoms with Crippen LogP contribution in [0.3, 0.4) is 0 Å². The van der Waals surface area contributed by atoms with Crippen LogP contribution in [0.15, 0.2) is 32.7 Å². The second kappa shape index (κ2) is 4.51. The summed E-state index contributed by atoms with van der Waals surface area (Å²) >= 11 is 5.23. The van der Waals surface area contributed by atoms with Gasteiger partial charge in [0.25, 0.3) is 0 Å². The van der Waals surface area contributed by atoms with Crippen LogP contribution >= 0.6 is 27.3 Å². The highest BCUT2D eigenvalue weighted by Gasteiger charge is 2.12. The smallest absolute Gasteiger partial charge is 0.101 e. The van der Waals surface area contributed by atoms with E-state index in [4.69, 9.17) is 10.2 Å². The predicted octanol–water partition coefficient (Wildman–Crippen LogP) is 3.65. The van der Waals surface area contributed by atoms with Crippen molar-refractivity contribution in [1.82, 2.24) is 0 Å². The Morgan fingerprint density at radius 3 is 2.93 bits per heavy atom. The van der Waals surface area contributed by atoms with Crippen molar-refractivity contribution in [3.63, 3.8) is 0 Å². The first kappa shape index (κ1) is 10.9. The zero-order valence-electron chi connectivity index (χ0n) is 8.37. The van der Waals surface area contributed by atoms with E-state index in [1.807, 2.05) is 19.1 Å². The quantitative estimate of drug-likeness (QED) is 0.935. The summed E-state index contributed by atoms with van der Waals surface area (Å²) < 4.78 is 6.39. The minimum Gasteiger partial charge on any atom is -0.469 e. The number of hydrogen-bond acceptors (Lipinski definition) is 3. The summed E-state index contributed by atoms with van der Waals surface area (Å²) in [5.41, 5.74) is 7.16. The Labute approximate surface area is 101 Å². The van der Waals surface area contributed by atoms with E-state index in [0.29, 0.717) is 0 Å². The highest BCUT2D eigenvalue weighted by atomic mass is 79.9. The second-order valence-corrected chi connectivity index (χ2v) is 5.35. The third-order valence-corrected chi connectivity index (χ3v) is 4.22. The van der Waals surface area contributed by atoms with Gasteiger partial charge in [0.15, 0.2) is 0 Å². The number of halogens is 1. The third kappa shape index (κ3) is 2.51. The molecule has 0 bridgehead atoms. The molecule has 4 heteroatoms. The molecule has 80 valence electrons. The highest BCUT2D eigenvalue weighted by molar-refractivity contribution is 9.10. The SMILES string of the molecule is Cc1cc(C(N)Cc2sccc2Br)co1. The van der Waals surface area contributed by atoms with Crippen molar-refractivity contribution in [3.8, 4) is 0 Å². The van der Waals surface area contributed by atoms with Crippen LogP contribution in [-0.4, -0.2) is 0 Å². The van der Waals surface area contributed by atoms with E-state index in [0.717, 1.165) is 22.2 Å². The summed E-state index contributed by atoms with van der Waals surface area (Å²) in [5, 5.41) is 2.06. The topological polar surface area (TPSA) is 39.2 Å². The Kier molecular flexibility index (Phi) is 3.29. The summed E-state index contributed by atoms with van der Waals surface area (Å²) in [6.45, 7) is 1.93. The first-order valence-electron chi connectivity index (χ1n) is 4.69. The van der Waals surface area contributed by atoms with Gasteiger partial charge in [-0.1, -0.05) is 0 Å². The third-order valence-electron chi connectivity index (χ3n) is 2.28. The number of hydrogen-bond donors (Lipinski definition) is 1. The van der Waals surface area contributed by atoms with Crippen LogP contribution in [0.1, 0.15) is 22.2 Å². The monoisotopic (exact) mass is 285 g/mol. The fourth-order valence-corrected chi connectivity index (χ4v) is 3.02. The van der Waals surface area contributed by atoms with Crippen LogP contribution < -0.4 is 5.73 Å². The van der Waals surface area contributed by atoms with Gasteiger partial charge >= 0.3 is 0 Å². The zero-order chi connectivity index (χ0) is 10.8. The maximum absolute atomic E-state index is 6.09. The number of thiophene rings is 1. The van der Waals surface area contributed by atoms with Gasteiger partial charge < -0.3 is 10.2 Å². The van der Waals surface area contributed by atoms with Crippen molar-refractivity contribution >= 4 is 27.3 Å². The van der Waals surface area contributed by atoms with E-state index in [2.05, 4.69) is 21.3 Å². The molecule has 0 aliphatic carbocycles. The van der Waals surface area contributed by atoms with Gasteiger partial charge in [0.05, 0.1) is 6.26 Å². The molecule has 2 aromatic rings. The first-order valence-corrected chi connectivity index (χ1v) is 6.36. The fourth-order valence-electron chi connectivity index (χ4n) is 1.45. The minimum absolute atomic E-state index is 0.0115. The van der Waals surface area contributed by atoms with Gasteiger partial charge in [-0.2, -0.15) is 0 Å². The number of rotatable bonds is 3. The Hall–Kier alpha value is -0.580. The van der Waals surface area contributed by atoms with Gasteiger partial charge in [-0.3, -0.25) is 0 Å². The standard InChI is InChI=1S/C11H12BrNOS/c1-7-4-8(6-14-7)10(13)5-11-9(12)2-3-15-11/h2-4,6,10H,5,13H2,1H3. The molecule has 0 fully saturated rings. The lowest BCUT2D eigenvalue weighted by molar-refractivity contribution is 0.528. The summed E-state index contributed by atoms with van der Waals surface area (Å²) in [4.78, 5) is 1.28. The molecular formula is C11H12BrNOS. The fraction of sp³-hybridized carbons (Fsp3) is 0.273. The van der Waals surface area contributed by atoms with Crippen LogP contribution in [0.2, 0.25) is 0 Å². The van der Waals surface area contributed by atoms with Gasteiger partial charge in [0, 0.05) is 27.4 Å². The molecule has 2 rings (SSSR count). The van der Waals surface area contributed by atoms with Crippen molar-refractivity contribution in [3.05, 3.63) is 44.4 Å². The Morgan fingerprint density at radius 1 is 1.60 bits per heavy atom. The molecule has 1 atom stereocenters. The first-order chi connectivity index (χ1) is 7.16. The van der Waals surface area contributed by atoms with E-state index >= 15 is 0 Å². The van der Waals surface area contributed by atoms with E-state index in [1.165, 1.54) is 4.88 Å². The van der Waals surface area contributed by atoms with Gasteiger partial charge in [-0.05, 0) is 40.4 Å². The Morgan fingerprint density at radius 2 is 2.40 bits per heavy atom. The van der Waals surface area contributed by atoms with E-state index in [9.17, 15) is 0 Å². The molecule has 0 aliphatic rings. The molecule has 0 aromatic carbocycles. The molecule has 1 unspecified atom stereocenters. The summed E-state index contributed by atoms with van der Waals surface area (Å²) in [6, 6.07) is 4.05. The van der Waals surface area contributed by atoms with E-state index in [1.54, 1.807) is 17.6 Å². The summed E-state index contributed by atoms with van der Waals surface area (Å²) in [7, 11) is 0. The molecule has 0 saturated carbocycles. The Bertz CT molecular complexity index is 449. The van der Waals surface area contributed by atoms with E-state index in [-0.39, 0.29) is 6.04 Å². The van der Waals surface area contributed by atoms with E-state index < -0.39 is 0 Å². The lowest BCUT2D eigenvalue weighted by Gasteiger charge is -2.07. The van der Waals surface area contributed by atoms with Gasteiger partial charge in [-0.25, -0.2) is 0 Å². The largest absolute Gasteiger partial charge is 0.469 e. The summed E-state index contributed by atoms with van der Waals surface area (Å²) in [5.74, 6) is 0.908. The zero-order valence-corrected chi connectivity index (χ0v) is 10.8. The second-order valence-electron chi connectivity index (χ2n) is 3.49. The van der Waals surface area contributed by atoms with Crippen molar-refractivity contribution in [2.45, 2.75) is 19.4 Å². The molecule has 0 aliphatic heterocycles. The highest BCUT2D eigenvalue weighted by Crippen LogP contribution is 2.27. The van der Waals surface area contributed by atoms with Crippen molar-refractivity contribution in [1.29, 1.82) is 0 Å². The molecule has 2 nitrogen and oxygen atoms in total. The van der Waals surface area contributed by atoms with Gasteiger partial charge in [0.2, 0.25) is 0 Å². The van der Waals surface area contributed by atoms with Gasteiger partial charge in [-0.15, -0.1) is 11.3 Å². The number of aryl methyl sites for hydroxylation is 1. The molecule has 0 radical (unpaired) electrons. The molecule has 0 spiro atoms. The molecular weight excluding hydrogens is 274 g/mol. The molecule has 0 amide bonds. The van der Waals surface area contributed by atoms with Crippen LogP contribution in [0, 0.1) is 6.92 Å². The lowest BCUT2D eigenvalue weighted by atomic mass is 10.1. The maximum Gasteiger partial charge on any atom is 0.101 e. The minimum atomic E-state index is 0.0115. The molecule has 0 saturated heterocycles. The Balaban J connectivity index is 2.10. The average molecular weight is 286 g/mol.